The first-order valence-electron chi connectivity index (χ1n) is 7.91. The Morgan fingerprint density at radius 3 is 2.54 bits per heavy atom. The van der Waals surface area contributed by atoms with Crippen LogP contribution >= 0.6 is 0 Å². The Hall–Kier alpha value is -1.92. The van der Waals surface area contributed by atoms with Crippen molar-refractivity contribution >= 4 is 6.09 Å². The molecule has 1 heterocycles. The third-order valence-corrected chi connectivity index (χ3v) is 3.62. The summed E-state index contributed by atoms with van der Waals surface area (Å²) in [5.41, 5.74) is -0.574. The minimum absolute atomic E-state index is 0.0289. The van der Waals surface area contributed by atoms with Crippen LogP contribution in [-0.2, 0) is 4.74 Å². The lowest BCUT2D eigenvalue weighted by Crippen LogP contribution is -2.44. The quantitative estimate of drug-likeness (QED) is 0.773. The highest BCUT2D eigenvalue weighted by Crippen LogP contribution is 2.24. The first-order valence-corrected chi connectivity index (χ1v) is 7.91. The molecule has 1 aromatic carbocycles. The standard InChI is InChI=1S/C17H22F3NO3/c1-17(2,3)24-16(22)21-6-4-5-11(9-21)10-23-15-8-13(19)12(18)7-14(15)20/h7-8,11H,4-6,9-10H2,1-3H3. The average Bonchev–Trinajstić information content (AvgIpc) is 2.48. The monoisotopic (exact) mass is 345 g/mol. The Bertz CT molecular complexity index is 601. The van der Waals surface area contributed by atoms with Crippen molar-refractivity contribution in [2.45, 2.75) is 39.2 Å². The van der Waals surface area contributed by atoms with Crippen molar-refractivity contribution in [2.24, 2.45) is 5.92 Å². The molecule has 24 heavy (non-hydrogen) atoms. The molecule has 1 aromatic rings. The Kier molecular flexibility index (Phi) is 5.62. The van der Waals surface area contributed by atoms with E-state index in [1.165, 1.54) is 0 Å². The van der Waals surface area contributed by atoms with E-state index < -0.39 is 29.1 Å². The predicted molar refractivity (Wildman–Crippen MR) is 82.3 cm³/mol. The number of carbonyl (C=O) groups is 1. The number of ether oxygens (including phenoxy) is 2. The number of hydrogen-bond acceptors (Lipinski definition) is 3. The van der Waals surface area contributed by atoms with Crippen molar-refractivity contribution in [3.63, 3.8) is 0 Å². The number of hydrogen-bond donors (Lipinski definition) is 0. The van der Waals surface area contributed by atoms with E-state index in [0.29, 0.717) is 25.2 Å². The molecule has 1 fully saturated rings. The number of amides is 1. The van der Waals surface area contributed by atoms with Crippen LogP contribution in [0.1, 0.15) is 33.6 Å². The molecular formula is C17H22F3NO3. The molecule has 2 rings (SSSR count). The third kappa shape index (κ3) is 5.04. The Balaban J connectivity index is 1.92. The summed E-state index contributed by atoms with van der Waals surface area (Å²) in [7, 11) is 0. The highest BCUT2D eigenvalue weighted by Gasteiger charge is 2.28. The number of rotatable bonds is 3. The Labute approximate surface area is 139 Å². The van der Waals surface area contributed by atoms with Gasteiger partial charge in [-0.25, -0.2) is 18.0 Å². The second kappa shape index (κ2) is 7.32. The van der Waals surface area contributed by atoms with Crippen molar-refractivity contribution in [3.8, 4) is 5.75 Å². The van der Waals surface area contributed by atoms with Crippen molar-refractivity contribution in [3.05, 3.63) is 29.6 Å². The van der Waals surface area contributed by atoms with Crippen LogP contribution in [0.2, 0.25) is 0 Å². The highest BCUT2D eigenvalue weighted by molar-refractivity contribution is 5.68. The minimum atomic E-state index is -1.26. The zero-order valence-electron chi connectivity index (χ0n) is 14.1. The topological polar surface area (TPSA) is 38.8 Å². The molecule has 1 atom stereocenters. The summed E-state index contributed by atoms with van der Waals surface area (Å²) >= 11 is 0. The van der Waals surface area contributed by atoms with E-state index in [9.17, 15) is 18.0 Å². The SMILES string of the molecule is CC(C)(C)OC(=O)N1CCCC(COc2cc(F)c(F)cc2F)C1. The Morgan fingerprint density at radius 2 is 1.88 bits per heavy atom. The average molecular weight is 345 g/mol. The lowest BCUT2D eigenvalue weighted by atomic mass is 9.99. The van der Waals surface area contributed by atoms with Gasteiger partial charge >= 0.3 is 6.09 Å². The van der Waals surface area contributed by atoms with Gasteiger partial charge in [0, 0.05) is 31.1 Å². The van der Waals surface area contributed by atoms with Gasteiger partial charge in [-0.2, -0.15) is 0 Å². The maximum atomic E-state index is 13.6. The summed E-state index contributed by atoms with van der Waals surface area (Å²) in [5.74, 6) is -3.73. The van der Waals surface area contributed by atoms with Gasteiger partial charge in [0.1, 0.15) is 5.60 Å². The molecule has 1 aliphatic rings. The van der Waals surface area contributed by atoms with Gasteiger partial charge in [-0.1, -0.05) is 0 Å². The molecule has 1 amide bonds. The first-order chi connectivity index (χ1) is 11.2. The van der Waals surface area contributed by atoms with E-state index in [4.69, 9.17) is 9.47 Å². The minimum Gasteiger partial charge on any atom is -0.490 e. The molecular weight excluding hydrogens is 323 g/mol. The first kappa shape index (κ1) is 18.4. The summed E-state index contributed by atoms with van der Waals surface area (Å²) < 4.78 is 50.2. The zero-order chi connectivity index (χ0) is 17.9. The maximum absolute atomic E-state index is 13.6. The van der Waals surface area contributed by atoms with Gasteiger partial charge in [0.25, 0.3) is 0 Å². The third-order valence-electron chi connectivity index (χ3n) is 3.62. The van der Waals surface area contributed by atoms with Crippen molar-refractivity contribution in [2.75, 3.05) is 19.7 Å². The molecule has 1 unspecified atom stereocenters. The van der Waals surface area contributed by atoms with Crippen molar-refractivity contribution in [1.29, 1.82) is 0 Å². The molecule has 134 valence electrons. The highest BCUT2D eigenvalue weighted by atomic mass is 19.2. The van der Waals surface area contributed by atoms with Crippen LogP contribution in [0.5, 0.6) is 5.75 Å². The summed E-state index contributed by atoms with van der Waals surface area (Å²) in [4.78, 5) is 13.7. The number of nitrogens with zero attached hydrogens (tertiary/aromatic N) is 1. The van der Waals surface area contributed by atoms with Crippen LogP contribution in [0.15, 0.2) is 12.1 Å². The largest absolute Gasteiger partial charge is 0.490 e. The molecule has 0 bridgehead atoms. The van der Waals surface area contributed by atoms with Crippen LogP contribution in [0.4, 0.5) is 18.0 Å². The molecule has 0 aromatic heterocycles. The van der Waals surface area contributed by atoms with Gasteiger partial charge in [0.15, 0.2) is 23.2 Å². The lowest BCUT2D eigenvalue weighted by molar-refractivity contribution is 0.0138. The van der Waals surface area contributed by atoms with E-state index in [1.807, 2.05) is 0 Å². The van der Waals surface area contributed by atoms with Crippen LogP contribution in [0.25, 0.3) is 0 Å². The normalized spacial score (nSPS) is 18.4. The van der Waals surface area contributed by atoms with E-state index in [1.54, 1.807) is 25.7 Å². The van der Waals surface area contributed by atoms with Gasteiger partial charge in [0.05, 0.1) is 6.61 Å². The Morgan fingerprint density at radius 1 is 1.21 bits per heavy atom. The van der Waals surface area contributed by atoms with Gasteiger partial charge in [0.2, 0.25) is 0 Å². The van der Waals surface area contributed by atoms with Crippen LogP contribution in [0.3, 0.4) is 0 Å². The van der Waals surface area contributed by atoms with E-state index >= 15 is 0 Å². The fourth-order valence-corrected chi connectivity index (χ4v) is 2.52. The predicted octanol–water partition coefficient (Wildman–Crippen LogP) is 4.13. The fraction of sp³-hybridized carbons (Fsp3) is 0.588. The zero-order valence-corrected chi connectivity index (χ0v) is 14.1. The molecule has 1 saturated heterocycles. The molecule has 0 aliphatic carbocycles. The van der Waals surface area contributed by atoms with Gasteiger partial charge in [-0.05, 0) is 33.6 Å². The fourth-order valence-electron chi connectivity index (χ4n) is 2.52. The summed E-state index contributed by atoms with van der Waals surface area (Å²) in [6.45, 7) is 6.50. The van der Waals surface area contributed by atoms with Crippen LogP contribution in [-0.4, -0.2) is 36.3 Å². The molecule has 4 nitrogen and oxygen atoms in total. The van der Waals surface area contributed by atoms with Gasteiger partial charge in [-0.15, -0.1) is 0 Å². The maximum Gasteiger partial charge on any atom is 0.410 e. The molecule has 0 spiro atoms. The van der Waals surface area contributed by atoms with Crippen molar-refractivity contribution in [1.82, 2.24) is 4.90 Å². The van der Waals surface area contributed by atoms with Crippen LogP contribution in [0, 0.1) is 23.4 Å². The lowest BCUT2D eigenvalue weighted by Gasteiger charge is -2.34. The number of piperidine rings is 1. The smallest absolute Gasteiger partial charge is 0.410 e. The molecule has 0 N–H and O–H groups in total. The molecule has 0 radical (unpaired) electrons. The van der Waals surface area contributed by atoms with E-state index in [-0.39, 0.29) is 18.3 Å². The number of carbonyl (C=O) groups excluding carboxylic acids is 1. The van der Waals surface area contributed by atoms with Crippen LogP contribution < -0.4 is 4.74 Å². The molecule has 1 aliphatic heterocycles. The van der Waals surface area contributed by atoms with Crippen molar-refractivity contribution < 1.29 is 27.4 Å². The van der Waals surface area contributed by atoms with E-state index in [2.05, 4.69) is 0 Å². The second-order valence-electron chi connectivity index (χ2n) is 6.94. The molecule has 7 heteroatoms. The second-order valence-corrected chi connectivity index (χ2v) is 6.94. The van der Waals surface area contributed by atoms with Gasteiger partial charge in [-0.3, -0.25) is 0 Å². The van der Waals surface area contributed by atoms with E-state index in [0.717, 1.165) is 12.8 Å². The number of halogens is 3. The summed E-state index contributed by atoms with van der Waals surface area (Å²) in [5, 5.41) is 0. The number of likely N-dealkylation sites (tertiary alicyclic amines) is 1. The number of benzene rings is 1. The molecule has 0 saturated carbocycles. The summed E-state index contributed by atoms with van der Waals surface area (Å²) in [6, 6.07) is 1.15. The summed E-state index contributed by atoms with van der Waals surface area (Å²) in [6.07, 6.45) is 1.17. The van der Waals surface area contributed by atoms with Gasteiger partial charge < -0.3 is 14.4 Å².